The molecule has 0 aliphatic carbocycles. The minimum Gasteiger partial charge on any atom is -0.330 e. The highest BCUT2D eigenvalue weighted by Gasteiger charge is 2.18. The molecular formula is C25H30N2. The van der Waals surface area contributed by atoms with Gasteiger partial charge in [0, 0.05) is 19.0 Å². The molecule has 3 rings (SSSR count). The molecule has 2 N–H and O–H groups in total. The van der Waals surface area contributed by atoms with Gasteiger partial charge in [0.05, 0.1) is 0 Å². The molecule has 0 atom stereocenters. The fraction of sp³-hybridized carbons (Fsp3) is 0.280. The van der Waals surface area contributed by atoms with Gasteiger partial charge in [0.25, 0.3) is 0 Å². The van der Waals surface area contributed by atoms with Crippen molar-refractivity contribution in [3.8, 4) is 0 Å². The van der Waals surface area contributed by atoms with Crippen LogP contribution in [-0.2, 0) is 6.54 Å². The van der Waals surface area contributed by atoms with Crippen LogP contribution in [0.1, 0.15) is 34.6 Å². The highest BCUT2D eigenvalue weighted by atomic mass is 15.1. The lowest BCUT2D eigenvalue weighted by Gasteiger charge is -2.28. The van der Waals surface area contributed by atoms with Crippen LogP contribution >= 0.6 is 0 Å². The number of nitrogens with two attached hydrogens (primary N) is 1. The summed E-state index contributed by atoms with van der Waals surface area (Å²) in [7, 11) is 0. The SMILES string of the molecule is Cc1cccc(CN(CCCN)CC(c2ccccc2)c2ccccc2)c1. The summed E-state index contributed by atoms with van der Waals surface area (Å²) < 4.78 is 0. The van der Waals surface area contributed by atoms with Crippen LogP contribution in [0.3, 0.4) is 0 Å². The molecule has 2 heteroatoms. The summed E-state index contributed by atoms with van der Waals surface area (Å²) >= 11 is 0. The van der Waals surface area contributed by atoms with Gasteiger partial charge in [-0.05, 0) is 43.1 Å². The lowest BCUT2D eigenvalue weighted by molar-refractivity contribution is 0.255. The lowest BCUT2D eigenvalue weighted by Crippen LogP contribution is -2.31. The van der Waals surface area contributed by atoms with Gasteiger partial charge in [-0.15, -0.1) is 0 Å². The summed E-state index contributed by atoms with van der Waals surface area (Å²) in [6.07, 6.45) is 1.02. The van der Waals surface area contributed by atoms with Crippen molar-refractivity contribution in [3.05, 3.63) is 107 Å². The van der Waals surface area contributed by atoms with E-state index < -0.39 is 0 Å². The number of rotatable bonds is 9. The lowest BCUT2D eigenvalue weighted by atomic mass is 9.90. The summed E-state index contributed by atoms with van der Waals surface area (Å²) in [5.74, 6) is 0.356. The number of hydrogen-bond donors (Lipinski definition) is 1. The molecule has 0 fully saturated rings. The van der Waals surface area contributed by atoms with Gasteiger partial charge in [0.2, 0.25) is 0 Å². The van der Waals surface area contributed by atoms with E-state index in [1.165, 1.54) is 22.3 Å². The Kier molecular flexibility index (Phi) is 7.20. The van der Waals surface area contributed by atoms with Crippen LogP contribution in [0.4, 0.5) is 0 Å². The molecule has 0 saturated carbocycles. The topological polar surface area (TPSA) is 29.3 Å². The first-order chi connectivity index (χ1) is 13.3. The summed E-state index contributed by atoms with van der Waals surface area (Å²) in [6.45, 7) is 5.84. The smallest absolute Gasteiger partial charge is 0.0234 e. The predicted octanol–water partition coefficient (Wildman–Crippen LogP) is 4.98. The first-order valence-electron chi connectivity index (χ1n) is 9.84. The first-order valence-corrected chi connectivity index (χ1v) is 9.84. The molecular weight excluding hydrogens is 328 g/mol. The van der Waals surface area contributed by atoms with E-state index in [0.29, 0.717) is 5.92 Å². The zero-order chi connectivity index (χ0) is 18.9. The highest BCUT2D eigenvalue weighted by molar-refractivity contribution is 5.33. The number of hydrogen-bond acceptors (Lipinski definition) is 2. The average Bonchev–Trinajstić information content (AvgIpc) is 2.71. The van der Waals surface area contributed by atoms with Gasteiger partial charge >= 0.3 is 0 Å². The van der Waals surface area contributed by atoms with Crippen molar-refractivity contribution >= 4 is 0 Å². The minimum atomic E-state index is 0.356. The second kappa shape index (κ2) is 10.1. The minimum absolute atomic E-state index is 0.356. The molecule has 3 aromatic rings. The third-order valence-electron chi connectivity index (χ3n) is 5.01. The third-order valence-corrected chi connectivity index (χ3v) is 5.01. The van der Waals surface area contributed by atoms with Crippen molar-refractivity contribution in [2.45, 2.75) is 25.8 Å². The Labute approximate surface area is 163 Å². The normalized spacial score (nSPS) is 11.3. The van der Waals surface area contributed by atoms with Gasteiger partial charge in [-0.3, -0.25) is 4.90 Å². The van der Waals surface area contributed by atoms with Crippen LogP contribution in [-0.4, -0.2) is 24.5 Å². The van der Waals surface area contributed by atoms with Crippen LogP contribution in [0.2, 0.25) is 0 Å². The van der Waals surface area contributed by atoms with E-state index in [1.807, 2.05) is 0 Å². The molecule has 2 nitrogen and oxygen atoms in total. The zero-order valence-corrected chi connectivity index (χ0v) is 16.2. The molecule has 27 heavy (non-hydrogen) atoms. The van der Waals surface area contributed by atoms with Crippen molar-refractivity contribution in [2.24, 2.45) is 5.73 Å². The number of aryl methyl sites for hydroxylation is 1. The monoisotopic (exact) mass is 358 g/mol. The van der Waals surface area contributed by atoms with Gasteiger partial charge in [-0.2, -0.15) is 0 Å². The van der Waals surface area contributed by atoms with Crippen molar-refractivity contribution in [1.29, 1.82) is 0 Å². The molecule has 0 aliphatic heterocycles. The van der Waals surface area contributed by atoms with Gasteiger partial charge < -0.3 is 5.73 Å². The maximum absolute atomic E-state index is 5.82. The van der Waals surface area contributed by atoms with E-state index in [2.05, 4.69) is 96.8 Å². The quantitative estimate of drug-likeness (QED) is 0.585. The maximum atomic E-state index is 5.82. The van der Waals surface area contributed by atoms with Gasteiger partial charge in [0.15, 0.2) is 0 Å². The fourth-order valence-corrected chi connectivity index (χ4v) is 3.65. The van der Waals surface area contributed by atoms with E-state index in [-0.39, 0.29) is 0 Å². The molecule has 0 spiro atoms. The van der Waals surface area contributed by atoms with E-state index in [9.17, 15) is 0 Å². The summed E-state index contributed by atoms with van der Waals surface area (Å²) in [5, 5.41) is 0. The average molecular weight is 359 g/mol. The maximum Gasteiger partial charge on any atom is 0.0234 e. The van der Waals surface area contributed by atoms with Gasteiger partial charge in [-0.25, -0.2) is 0 Å². The van der Waals surface area contributed by atoms with Crippen molar-refractivity contribution in [1.82, 2.24) is 4.90 Å². The van der Waals surface area contributed by atoms with E-state index >= 15 is 0 Å². The van der Waals surface area contributed by atoms with Gasteiger partial charge in [0.1, 0.15) is 0 Å². The second-order valence-corrected chi connectivity index (χ2v) is 7.24. The Hall–Kier alpha value is -2.42. The standard InChI is InChI=1S/C25H30N2/c1-21-10-8-11-22(18-21)19-27(17-9-16-26)20-25(23-12-4-2-5-13-23)24-14-6-3-7-15-24/h2-8,10-15,18,25H,9,16-17,19-20,26H2,1H3. The largest absolute Gasteiger partial charge is 0.330 e. The molecule has 0 aliphatic rings. The Bertz CT molecular complexity index is 759. The van der Waals surface area contributed by atoms with Crippen LogP contribution in [0.5, 0.6) is 0 Å². The van der Waals surface area contributed by atoms with Crippen LogP contribution < -0.4 is 5.73 Å². The van der Waals surface area contributed by atoms with Crippen LogP contribution in [0.15, 0.2) is 84.9 Å². The van der Waals surface area contributed by atoms with Crippen LogP contribution in [0.25, 0.3) is 0 Å². The molecule has 0 aromatic heterocycles. The molecule has 0 bridgehead atoms. The fourth-order valence-electron chi connectivity index (χ4n) is 3.65. The van der Waals surface area contributed by atoms with Crippen molar-refractivity contribution in [2.75, 3.05) is 19.6 Å². The molecule has 0 amide bonds. The molecule has 140 valence electrons. The molecule has 3 aromatic carbocycles. The molecule has 0 radical (unpaired) electrons. The third kappa shape index (κ3) is 5.78. The summed E-state index contributed by atoms with van der Waals surface area (Å²) in [4.78, 5) is 2.55. The molecule has 0 unspecified atom stereocenters. The first kappa shape index (κ1) is 19.3. The molecule has 0 saturated heterocycles. The Morgan fingerprint density at radius 2 is 1.44 bits per heavy atom. The summed E-state index contributed by atoms with van der Waals surface area (Å²) in [6, 6.07) is 30.5. The van der Waals surface area contributed by atoms with E-state index in [4.69, 9.17) is 5.73 Å². The number of benzene rings is 3. The zero-order valence-electron chi connectivity index (χ0n) is 16.2. The van der Waals surface area contributed by atoms with Gasteiger partial charge in [-0.1, -0.05) is 90.5 Å². The predicted molar refractivity (Wildman–Crippen MR) is 115 cm³/mol. The number of nitrogens with zero attached hydrogens (tertiary/aromatic N) is 1. The summed E-state index contributed by atoms with van der Waals surface area (Å²) in [5.41, 5.74) is 11.2. The second-order valence-electron chi connectivity index (χ2n) is 7.24. The Morgan fingerprint density at radius 3 is 2.00 bits per heavy atom. The van der Waals surface area contributed by atoms with E-state index in [0.717, 1.165) is 32.6 Å². The Morgan fingerprint density at radius 1 is 0.815 bits per heavy atom. The van der Waals surface area contributed by atoms with Crippen LogP contribution in [0, 0.1) is 6.92 Å². The van der Waals surface area contributed by atoms with Crippen molar-refractivity contribution in [3.63, 3.8) is 0 Å². The molecule has 0 heterocycles. The van der Waals surface area contributed by atoms with Crippen molar-refractivity contribution < 1.29 is 0 Å². The Balaban J connectivity index is 1.85. The van der Waals surface area contributed by atoms with E-state index in [1.54, 1.807) is 0 Å². The highest BCUT2D eigenvalue weighted by Crippen LogP contribution is 2.26.